The van der Waals surface area contributed by atoms with Crippen molar-refractivity contribution >= 4 is 0 Å². The Balaban J connectivity index is 1.92. The Hall–Kier alpha value is -0.860. The molecule has 1 aliphatic rings. The number of rotatable bonds is 8. The van der Waals surface area contributed by atoms with Gasteiger partial charge in [0.15, 0.2) is 0 Å². The van der Waals surface area contributed by atoms with E-state index in [1.165, 1.54) is 18.4 Å². The fourth-order valence-corrected chi connectivity index (χ4v) is 2.82. The molecule has 1 unspecified atom stereocenters. The van der Waals surface area contributed by atoms with E-state index in [1.54, 1.807) is 0 Å². The van der Waals surface area contributed by atoms with Crippen LogP contribution in [0.2, 0.25) is 0 Å². The highest BCUT2D eigenvalue weighted by atomic mass is 16.3. The number of hydrogen-bond acceptors (Lipinski definition) is 2. The van der Waals surface area contributed by atoms with Crippen LogP contribution in [0.4, 0.5) is 0 Å². The summed E-state index contributed by atoms with van der Waals surface area (Å²) in [7, 11) is 0. The molecule has 1 aromatic carbocycles. The van der Waals surface area contributed by atoms with Gasteiger partial charge in [0.2, 0.25) is 0 Å². The van der Waals surface area contributed by atoms with Gasteiger partial charge in [0.05, 0.1) is 6.10 Å². The Morgan fingerprint density at radius 2 is 1.85 bits per heavy atom. The van der Waals surface area contributed by atoms with Crippen molar-refractivity contribution in [1.29, 1.82) is 0 Å². The highest BCUT2D eigenvalue weighted by Crippen LogP contribution is 2.29. The van der Waals surface area contributed by atoms with Crippen molar-refractivity contribution in [2.24, 2.45) is 5.92 Å². The summed E-state index contributed by atoms with van der Waals surface area (Å²) in [4.78, 5) is 2.45. The van der Waals surface area contributed by atoms with E-state index in [2.05, 4.69) is 49.9 Å². The fourth-order valence-electron chi connectivity index (χ4n) is 2.82. The van der Waals surface area contributed by atoms with E-state index in [9.17, 15) is 5.11 Å². The minimum absolute atomic E-state index is 0.352. The first-order valence-electron chi connectivity index (χ1n) is 8.11. The average Bonchev–Trinajstić information content (AvgIpc) is 3.22. The number of aliphatic hydroxyl groups excluding tert-OH is 1. The molecule has 20 heavy (non-hydrogen) atoms. The van der Waals surface area contributed by atoms with Crippen LogP contribution in [0.1, 0.15) is 57.3 Å². The Morgan fingerprint density at radius 1 is 1.20 bits per heavy atom. The molecule has 1 aliphatic carbocycles. The number of aliphatic hydroxyl groups is 1. The molecule has 1 fully saturated rings. The molecule has 2 rings (SSSR count). The first kappa shape index (κ1) is 15.5. The number of nitrogens with zero attached hydrogens (tertiary/aromatic N) is 1. The molecule has 112 valence electrons. The van der Waals surface area contributed by atoms with Crippen LogP contribution in [-0.4, -0.2) is 29.1 Å². The Bertz CT molecular complexity index is 394. The molecule has 1 atom stereocenters. The molecule has 0 saturated heterocycles. The van der Waals surface area contributed by atoms with Gasteiger partial charge in [0.1, 0.15) is 0 Å². The molecule has 0 bridgehead atoms. The largest absolute Gasteiger partial charge is 0.387 e. The minimum Gasteiger partial charge on any atom is -0.387 e. The normalized spacial score (nSPS) is 16.9. The van der Waals surface area contributed by atoms with Crippen LogP contribution in [-0.2, 0) is 6.42 Å². The van der Waals surface area contributed by atoms with Crippen LogP contribution in [0.3, 0.4) is 0 Å². The lowest BCUT2D eigenvalue weighted by molar-refractivity contribution is 0.108. The van der Waals surface area contributed by atoms with Crippen molar-refractivity contribution in [2.45, 2.75) is 58.6 Å². The van der Waals surface area contributed by atoms with E-state index in [4.69, 9.17) is 0 Å². The lowest BCUT2D eigenvalue weighted by Gasteiger charge is -2.24. The van der Waals surface area contributed by atoms with Gasteiger partial charge in [0.25, 0.3) is 0 Å². The Morgan fingerprint density at radius 3 is 2.35 bits per heavy atom. The summed E-state index contributed by atoms with van der Waals surface area (Å²) in [6, 6.07) is 9.25. The molecule has 1 aromatic rings. The predicted molar refractivity (Wildman–Crippen MR) is 84.8 cm³/mol. The molecule has 0 heterocycles. The average molecular weight is 275 g/mol. The summed E-state index contributed by atoms with van der Waals surface area (Å²) in [6.07, 6.45) is 4.53. The summed E-state index contributed by atoms with van der Waals surface area (Å²) in [5.74, 6) is 0.681. The summed E-state index contributed by atoms with van der Waals surface area (Å²) < 4.78 is 0. The third kappa shape index (κ3) is 4.60. The van der Waals surface area contributed by atoms with Crippen molar-refractivity contribution in [3.8, 4) is 0 Å². The molecule has 1 saturated carbocycles. The van der Waals surface area contributed by atoms with E-state index in [0.717, 1.165) is 37.5 Å². The SMILES string of the molecule is CCCN(CC(O)c1ccc(CC(C)C)cc1)C1CC1. The van der Waals surface area contributed by atoms with E-state index in [-0.39, 0.29) is 6.10 Å². The zero-order chi connectivity index (χ0) is 14.5. The van der Waals surface area contributed by atoms with Gasteiger partial charge >= 0.3 is 0 Å². The maximum atomic E-state index is 10.4. The highest BCUT2D eigenvalue weighted by Gasteiger charge is 2.29. The zero-order valence-electron chi connectivity index (χ0n) is 13.2. The van der Waals surface area contributed by atoms with Crippen molar-refractivity contribution in [1.82, 2.24) is 4.90 Å². The predicted octanol–water partition coefficient (Wildman–Crippen LogP) is 3.79. The smallest absolute Gasteiger partial charge is 0.0917 e. The lowest BCUT2D eigenvalue weighted by atomic mass is 10.00. The zero-order valence-corrected chi connectivity index (χ0v) is 13.2. The van der Waals surface area contributed by atoms with Gasteiger partial charge < -0.3 is 5.11 Å². The van der Waals surface area contributed by atoms with E-state index < -0.39 is 0 Å². The van der Waals surface area contributed by atoms with Crippen LogP contribution in [0.25, 0.3) is 0 Å². The summed E-state index contributed by atoms with van der Waals surface area (Å²) in [5.41, 5.74) is 2.42. The van der Waals surface area contributed by atoms with Crippen LogP contribution >= 0.6 is 0 Å². The minimum atomic E-state index is -0.352. The van der Waals surface area contributed by atoms with Crippen LogP contribution in [0.5, 0.6) is 0 Å². The number of hydrogen-bond donors (Lipinski definition) is 1. The van der Waals surface area contributed by atoms with Gasteiger partial charge in [-0.15, -0.1) is 0 Å². The molecule has 0 radical (unpaired) electrons. The van der Waals surface area contributed by atoms with Gasteiger partial charge in [-0.05, 0) is 49.3 Å². The molecule has 0 amide bonds. The van der Waals surface area contributed by atoms with Crippen LogP contribution in [0, 0.1) is 5.92 Å². The lowest BCUT2D eigenvalue weighted by Crippen LogP contribution is -2.31. The molecule has 2 heteroatoms. The molecule has 0 aromatic heterocycles. The molecule has 1 N–H and O–H groups in total. The summed E-state index contributed by atoms with van der Waals surface area (Å²) in [5, 5.41) is 10.4. The molecule has 0 spiro atoms. The van der Waals surface area contributed by atoms with E-state index in [0.29, 0.717) is 5.92 Å². The third-order valence-corrected chi connectivity index (χ3v) is 3.99. The van der Waals surface area contributed by atoms with Gasteiger partial charge in [-0.3, -0.25) is 4.90 Å². The highest BCUT2D eigenvalue weighted by molar-refractivity contribution is 5.24. The quantitative estimate of drug-likeness (QED) is 0.780. The number of benzene rings is 1. The van der Waals surface area contributed by atoms with Gasteiger partial charge in [-0.1, -0.05) is 45.0 Å². The maximum absolute atomic E-state index is 10.4. The standard InChI is InChI=1S/C18H29NO/c1-4-11-19(17-9-10-17)13-18(20)16-7-5-15(6-8-16)12-14(2)3/h5-8,14,17-18,20H,4,9-13H2,1-3H3. The van der Waals surface area contributed by atoms with Crippen LogP contribution < -0.4 is 0 Å². The Kier molecular flexibility index (Phi) is 5.62. The first-order chi connectivity index (χ1) is 9.60. The second-order valence-electron chi connectivity index (χ2n) is 6.58. The third-order valence-electron chi connectivity index (χ3n) is 3.99. The van der Waals surface area contributed by atoms with Gasteiger partial charge in [-0.2, -0.15) is 0 Å². The Labute approximate surface area is 123 Å². The molecular weight excluding hydrogens is 246 g/mol. The van der Waals surface area contributed by atoms with Crippen LogP contribution in [0.15, 0.2) is 24.3 Å². The maximum Gasteiger partial charge on any atom is 0.0917 e. The van der Waals surface area contributed by atoms with Gasteiger partial charge in [0, 0.05) is 12.6 Å². The van der Waals surface area contributed by atoms with Crippen molar-refractivity contribution < 1.29 is 5.11 Å². The summed E-state index contributed by atoms with van der Waals surface area (Å²) >= 11 is 0. The first-order valence-corrected chi connectivity index (χ1v) is 8.11. The monoisotopic (exact) mass is 275 g/mol. The van der Waals surface area contributed by atoms with Crippen molar-refractivity contribution in [3.63, 3.8) is 0 Å². The fraction of sp³-hybridized carbons (Fsp3) is 0.667. The van der Waals surface area contributed by atoms with E-state index >= 15 is 0 Å². The van der Waals surface area contributed by atoms with E-state index in [1.807, 2.05) is 0 Å². The molecular formula is C18H29NO. The van der Waals surface area contributed by atoms with Crippen molar-refractivity contribution in [2.75, 3.05) is 13.1 Å². The van der Waals surface area contributed by atoms with Gasteiger partial charge in [-0.25, -0.2) is 0 Å². The molecule has 0 aliphatic heterocycles. The van der Waals surface area contributed by atoms with Crippen molar-refractivity contribution in [3.05, 3.63) is 35.4 Å². The second kappa shape index (κ2) is 7.24. The summed E-state index contributed by atoms with van der Waals surface area (Å²) in [6.45, 7) is 8.57. The second-order valence-corrected chi connectivity index (χ2v) is 6.58. The topological polar surface area (TPSA) is 23.5 Å². The molecule has 2 nitrogen and oxygen atoms in total.